The molecule has 1 aromatic rings. The summed E-state index contributed by atoms with van der Waals surface area (Å²) in [6.07, 6.45) is 4.27. The fourth-order valence-electron chi connectivity index (χ4n) is 2.64. The van der Waals surface area contributed by atoms with Crippen molar-refractivity contribution in [3.63, 3.8) is 0 Å². The van der Waals surface area contributed by atoms with Crippen LogP contribution in [0.2, 0.25) is 0 Å². The van der Waals surface area contributed by atoms with Gasteiger partial charge in [-0.3, -0.25) is 0 Å². The first-order valence-electron chi connectivity index (χ1n) is 6.67. The quantitative estimate of drug-likeness (QED) is 0.832. The Labute approximate surface area is 106 Å². The van der Waals surface area contributed by atoms with Crippen molar-refractivity contribution < 1.29 is 13.9 Å². The van der Waals surface area contributed by atoms with Crippen LogP contribution in [0.4, 0.5) is 4.39 Å². The second-order valence-electron chi connectivity index (χ2n) is 4.85. The average Bonchev–Trinajstić information content (AvgIpc) is 2.67. The Morgan fingerprint density at radius 3 is 2.67 bits per heavy atom. The fraction of sp³-hybridized carbons (Fsp3) is 0.571. The molecular formula is C14H18FNO2. The van der Waals surface area contributed by atoms with E-state index in [1.54, 1.807) is 0 Å². The number of halogens is 1. The van der Waals surface area contributed by atoms with Crippen LogP contribution in [0.1, 0.15) is 37.3 Å². The van der Waals surface area contributed by atoms with Gasteiger partial charge >= 0.3 is 0 Å². The molecule has 1 atom stereocenters. The maximum atomic E-state index is 13.8. The van der Waals surface area contributed by atoms with E-state index >= 15 is 0 Å². The molecule has 0 aromatic heterocycles. The van der Waals surface area contributed by atoms with Crippen molar-refractivity contribution in [3.8, 4) is 11.5 Å². The Hall–Kier alpha value is -1.29. The number of hydrogen-bond donors (Lipinski definition) is 1. The third kappa shape index (κ3) is 2.17. The Morgan fingerprint density at radius 2 is 1.89 bits per heavy atom. The molecule has 3 rings (SSSR count). The second-order valence-corrected chi connectivity index (χ2v) is 4.85. The average molecular weight is 251 g/mol. The largest absolute Gasteiger partial charge is 0.489 e. The van der Waals surface area contributed by atoms with Crippen molar-refractivity contribution >= 4 is 0 Å². The molecule has 0 bridgehead atoms. The van der Waals surface area contributed by atoms with Crippen LogP contribution in [-0.2, 0) is 0 Å². The Balaban J connectivity index is 1.98. The van der Waals surface area contributed by atoms with Crippen molar-refractivity contribution in [2.45, 2.75) is 31.7 Å². The van der Waals surface area contributed by atoms with Gasteiger partial charge in [0.05, 0.1) is 13.2 Å². The highest BCUT2D eigenvalue weighted by Crippen LogP contribution is 2.40. The van der Waals surface area contributed by atoms with Crippen molar-refractivity contribution in [2.24, 2.45) is 0 Å². The lowest BCUT2D eigenvalue weighted by Gasteiger charge is -2.26. The standard InChI is InChI=1S/C14H18FNO2/c15-11-6-5-10(12-4-1-2-7-16-12)13-14(11)18-9-3-8-17-13/h5-6,12,16H,1-4,7-9H2. The fourth-order valence-corrected chi connectivity index (χ4v) is 2.64. The molecule has 2 aliphatic heterocycles. The van der Waals surface area contributed by atoms with Crippen LogP contribution in [0, 0.1) is 5.82 Å². The summed E-state index contributed by atoms with van der Waals surface area (Å²) in [6, 6.07) is 3.57. The topological polar surface area (TPSA) is 30.5 Å². The highest BCUT2D eigenvalue weighted by atomic mass is 19.1. The van der Waals surface area contributed by atoms with Gasteiger partial charge in [-0.15, -0.1) is 0 Å². The number of rotatable bonds is 1. The van der Waals surface area contributed by atoms with Gasteiger partial charge in [0.1, 0.15) is 0 Å². The lowest BCUT2D eigenvalue weighted by Crippen LogP contribution is -2.27. The monoisotopic (exact) mass is 251 g/mol. The summed E-state index contributed by atoms with van der Waals surface area (Å²) >= 11 is 0. The van der Waals surface area contributed by atoms with Gasteiger partial charge in [-0.1, -0.05) is 12.5 Å². The first-order valence-corrected chi connectivity index (χ1v) is 6.67. The van der Waals surface area contributed by atoms with E-state index in [0.717, 1.165) is 24.9 Å². The molecule has 1 N–H and O–H groups in total. The van der Waals surface area contributed by atoms with E-state index in [-0.39, 0.29) is 17.6 Å². The number of fused-ring (bicyclic) bond motifs is 1. The zero-order valence-corrected chi connectivity index (χ0v) is 10.4. The molecular weight excluding hydrogens is 233 g/mol. The molecule has 3 nitrogen and oxygen atoms in total. The zero-order chi connectivity index (χ0) is 12.4. The normalized spacial score (nSPS) is 23.5. The van der Waals surface area contributed by atoms with Gasteiger partial charge in [-0.05, 0) is 25.5 Å². The van der Waals surface area contributed by atoms with Gasteiger partial charge in [0.15, 0.2) is 17.3 Å². The third-order valence-electron chi connectivity index (χ3n) is 3.56. The molecule has 0 radical (unpaired) electrons. The molecule has 0 saturated carbocycles. The molecule has 1 fully saturated rings. The number of nitrogens with one attached hydrogen (secondary N) is 1. The number of hydrogen-bond acceptors (Lipinski definition) is 3. The van der Waals surface area contributed by atoms with Crippen molar-refractivity contribution in [1.82, 2.24) is 5.32 Å². The van der Waals surface area contributed by atoms with Gasteiger partial charge in [0, 0.05) is 18.0 Å². The van der Waals surface area contributed by atoms with Crippen LogP contribution in [0.15, 0.2) is 12.1 Å². The maximum absolute atomic E-state index is 13.8. The SMILES string of the molecule is Fc1ccc(C2CCCCN2)c2c1OCCCO2. The van der Waals surface area contributed by atoms with Gasteiger partial charge < -0.3 is 14.8 Å². The van der Waals surface area contributed by atoms with Crippen LogP contribution in [0.25, 0.3) is 0 Å². The summed E-state index contributed by atoms with van der Waals surface area (Å²) in [5, 5.41) is 3.47. The highest BCUT2D eigenvalue weighted by Gasteiger charge is 2.25. The van der Waals surface area contributed by atoms with Crippen molar-refractivity contribution in [2.75, 3.05) is 19.8 Å². The summed E-state index contributed by atoms with van der Waals surface area (Å²) in [4.78, 5) is 0. The van der Waals surface area contributed by atoms with E-state index < -0.39 is 0 Å². The van der Waals surface area contributed by atoms with E-state index in [1.807, 2.05) is 6.07 Å². The van der Waals surface area contributed by atoms with Crippen LogP contribution < -0.4 is 14.8 Å². The lowest BCUT2D eigenvalue weighted by atomic mass is 9.96. The van der Waals surface area contributed by atoms with Gasteiger partial charge in [-0.2, -0.15) is 0 Å². The molecule has 1 unspecified atom stereocenters. The van der Waals surface area contributed by atoms with Crippen LogP contribution >= 0.6 is 0 Å². The predicted octanol–water partition coefficient (Wildman–Crippen LogP) is 2.80. The van der Waals surface area contributed by atoms with Crippen LogP contribution in [0.5, 0.6) is 11.5 Å². The predicted molar refractivity (Wildman–Crippen MR) is 66.6 cm³/mol. The maximum Gasteiger partial charge on any atom is 0.197 e. The molecule has 2 heterocycles. The molecule has 2 aliphatic rings. The Morgan fingerprint density at radius 1 is 1.06 bits per heavy atom. The van der Waals surface area contributed by atoms with Crippen molar-refractivity contribution in [3.05, 3.63) is 23.5 Å². The Kier molecular flexibility index (Phi) is 3.37. The molecule has 98 valence electrons. The Bertz CT molecular complexity index is 430. The number of piperidine rings is 1. The molecule has 4 heteroatoms. The minimum Gasteiger partial charge on any atom is -0.489 e. The summed E-state index contributed by atoms with van der Waals surface area (Å²) in [6.45, 7) is 2.12. The molecule has 1 aromatic carbocycles. The van der Waals surface area contributed by atoms with Crippen LogP contribution in [-0.4, -0.2) is 19.8 Å². The smallest absolute Gasteiger partial charge is 0.197 e. The molecule has 0 amide bonds. The van der Waals surface area contributed by atoms with Gasteiger partial charge in [-0.25, -0.2) is 4.39 Å². The zero-order valence-electron chi connectivity index (χ0n) is 10.4. The minimum absolute atomic E-state index is 0.259. The molecule has 1 saturated heterocycles. The van der Waals surface area contributed by atoms with E-state index in [9.17, 15) is 4.39 Å². The second kappa shape index (κ2) is 5.14. The lowest BCUT2D eigenvalue weighted by molar-refractivity contribution is 0.290. The molecule has 18 heavy (non-hydrogen) atoms. The number of benzene rings is 1. The van der Waals surface area contributed by atoms with E-state index in [1.165, 1.54) is 18.9 Å². The van der Waals surface area contributed by atoms with E-state index in [2.05, 4.69) is 5.32 Å². The summed E-state index contributed by atoms with van der Waals surface area (Å²) in [5.74, 6) is 0.565. The summed E-state index contributed by atoms with van der Waals surface area (Å²) in [7, 11) is 0. The third-order valence-corrected chi connectivity index (χ3v) is 3.56. The van der Waals surface area contributed by atoms with Gasteiger partial charge in [0.2, 0.25) is 0 Å². The highest BCUT2D eigenvalue weighted by molar-refractivity contribution is 5.49. The summed E-state index contributed by atoms with van der Waals surface area (Å²) in [5.41, 5.74) is 1.04. The molecule has 0 spiro atoms. The van der Waals surface area contributed by atoms with Crippen LogP contribution in [0.3, 0.4) is 0 Å². The minimum atomic E-state index is -0.327. The van der Waals surface area contributed by atoms with Crippen molar-refractivity contribution in [1.29, 1.82) is 0 Å². The molecule has 0 aliphatic carbocycles. The summed E-state index contributed by atoms with van der Waals surface area (Å²) < 4.78 is 25.0. The number of ether oxygens (including phenoxy) is 2. The first-order chi connectivity index (χ1) is 8.86. The van der Waals surface area contributed by atoms with Gasteiger partial charge in [0.25, 0.3) is 0 Å². The van der Waals surface area contributed by atoms with E-state index in [0.29, 0.717) is 19.0 Å². The first kappa shape index (κ1) is 11.8. The van der Waals surface area contributed by atoms with E-state index in [4.69, 9.17) is 9.47 Å².